The number of nitrogens with zero attached hydrogens (tertiary/aromatic N) is 2. The highest BCUT2D eigenvalue weighted by Crippen LogP contribution is 2.32. The van der Waals surface area contributed by atoms with Crippen molar-refractivity contribution in [1.29, 1.82) is 0 Å². The maximum Gasteiger partial charge on any atom is 0.264 e. The van der Waals surface area contributed by atoms with Gasteiger partial charge >= 0.3 is 0 Å². The number of nitrogens with one attached hydrogen (secondary N) is 1. The van der Waals surface area contributed by atoms with Gasteiger partial charge in [-0.1, -0.05) is 61.4 Å². The highest BCUT2D eigenvalue weighted by Gasteiger charge is 2.34. The summed E-state index contributed by atoms with van der Waals surface area (Å²) in [7, 11) is -1.36. The molecule has 0 heterocycles. The van der Waals surface area contributed by atoms with Crippen LogP contribution in [0.5, 0.6) is 11.5 Å². The lowest BCUT2D eigenvalue weighted by atomic mass is 10.1. The maximum atomic E-state index is 14.2. The number of benzene rings is 3. The molecule has 0 aromatic heterocycles. The van der Waals surface area contributed by atoms with Crippen LogP contribution in [-0.2, 0) is 26.2 Å². The lowest BCUT2D eigenvalue weighted by Crippen LogP contribution is -2.52. The highest BCUT2D eigenvalue weighted by atomic mass is 32.2. The van der Waals surface area contributed by atoms with Crippen LogP contribution in [0.15, 0.2) is 71.6 Å². The first-order chi connectivity index (χ1) is 20.0. The molecule has 0 radical (unpaired) electrons. The van der Waals surface area contributed by atoms with E-state index in [2.05, 4.69) is 5.32 Å². The van der Waals surface area contributed by atoms with E-state index in [1.165, 1.54) is 37.3 Å². The zero-order valence-electron chi connectivity index (χ0n) is 25.2. The van der Waals surface area contributed by atoms with E-state index in [9.17, 15) is 18.0 Å². The van der Waals surface area contributed by atoms with E-state index in [0.717, 1.165) is 27.4 Å². The zero-order valence-corrected chi connectivity index (χ0v) is 26.0. The standard InChI is InChI=1S/C32H41N3O6S/c1-7-18-33-32(37)28(8-2)34(21-25-11-9-10-24(4)19-25)31(36)22-35(26-14-12-23(3)13-15-26)42(38,39)27-16-17-29(40-5)30(20-27)41-6/h9-17,19-20,28H,7-8,18,21-22H2,1-6H3,(H,33,37). The second-order valence-electron chi connectivity index (χ2n) is 10.1. The Morgan fingerprint density at radius 3 is 2.17 bits per heavy atom. The van der Waals surface area contributed by atoms with Crippen molar-refractivity contribution in [2.24, 2.45) is 0 Å². The minimum Gasteiger partial charge on any atom is -0.493 e. The van der Waals surface area contributed by atoms with Gasteiger partial charge in [0.05, 0.1) is 24.8 Å². The third kappa shape index (κ3) is 7.82. The van der Waals surface area contributed by atoms with Crippen molar-refractivity contribution in [1.82, 2.24) is 10.2 Å². The molecule has 0 saturated heterocycles. The molecule has 3 aromatic rings. The number of ether oxygens (including phenoxy) is 2. The first-order valence-corrected chi connectivity index (χ1v) is 15.4. The van der Waals surface area contributed by atoms with Crippen LogP contribution in [-0.4, -0.2) is 58.5 Å². The molecule has 0 saturated carbocycles. The maximum absolute atomic E-state index is 14.2. The molecule has 0 aliphatic carbocycles. The van der Waals surface area contributed by atoms with E-state index in [1.807, 2.05) is 52.0 Å². The fraction of sp³-hybridized carbons (Fsp3) is 0.375. The van der Waals surface area contributed by atoms with Crippen molar-refractivity contribution in [2.45, 2.75) is 58.0 Å². The molecule has 2 amide bonds. The molecular weight excluding hydrogens is 554 g/mol. The molecule has 10 heteroatoms. The second kappa shape index (κ2) is 14.7. The Labute approximate surface area is 249 Å². The van der Waals surface area contributed by atoms with Gasteiger partial charge in [0, 0.05) is 19.2 Å². The highest BCUT2D eigenvalue weighted by molar-refractivity contribution is 7.92. The first kappa shape index (κ1) is 32.5. The smallest absolute Gasteiger partial charge is 0.264 e. The SMILES string of the molecule is CCCNC(=O)C(CC)N(Cc1cccc(C)c1)C(=O)CN(c1ccc(C)cc1)S(=O)(=O)c1ccc(OC)c(OC)c1. The zero-order chi connectivity index (χ0) is 30.9. The van der Waals surface area contributed by atoms with Crippen LogP contribution in [0.25, 0.3) is 0 Å². The molecule has 42 heavy (non-hydrogen) atoms. The van der Waals surface area contributed by atoms with Gasteiger partial charge in [-0.3, -0.25) is 13.9 Å². The van der Waals surface area contributed by atoms with Crippen LogP contribution in [0.2, 0.25) is 0 Å². The van der Waals surface area contributed by atoms with E-state index < -0.39 is 28.5 Å². The predicted octanol–water partition coefficient (Wildman–Crippen LogP) is 4.85. The fourth-order valence-electron chi connectivity index (χ4n) is 4.64. The number of carbonyl (C=O) groups excluding carboxylic acids is 2. The Morgan fingerprint density at radius 2 is 1.57 bits per heavy atom. The molecule has 1 unspecified atom stereocenters. The van der Waals surface area contributed by atoms with Crippen LogP contribution in [0.1, 0.15) is 43.4 Å². The number of carbonyl (C=O) groups is 2. The summed E-state index contributed by atoms with van der Waals surface area (Å²) in [6.45, 7) is 7.76. The average molecular weight is 596 g/mol. The van der Waals surface area contributed by atoms with Crippen LogP contribution >= 0.6 is 0 Å². The van der Waals surface area contributed by atoms with Crippen molar-refractivity contribution in [2.75, 3.05) is 31.6 Å². The van der Waals surface area contributed by atoms with Gasteiger partial charge in [0.25, 0.3) is 10.0 Å². The quantitative estimate of drug-likeness (QED) is 0.286. The molecule has 3 rings (SSSR count). The molecular formula is C32H41N3O6S. The summed E-state index contributed by atoms with van der Waals surface area (Å²) in [4.78, 5) is 28.8. The topological polar surface area (TPSA) is 105 Å². The molecule has 0 aliphatic rings. The summed E-state index contributed by atoms with van der Waals surface area (Å²) in [6.07, 6.45) is 1.11. The minimum absolute atomic E-state index is 0.0634. The summed E-state index contributed by atoms with van der Waals surface area (Å²) < 4.78 is 40.0. The number of methoxy groups -OCH3 is 2. The van der Waals surface area contributed by atoms with Gasteiger partial charge in [0.1, 0.15) is 12.6 Å². The van der Waals surface area contributed by atoms with E-state index in [4.69, 9.17) is 9.47 Å². The van der Waals surface area contributed by atoms with E-state index in [-0.39, 0.29) is 23.1 Å². The third-order valence-electron chi connectivity index (χ3n) is 6.91. The van der Waals surface area contributed by atoms with Crippen LogP contribution in [0.3, 0.4) is 0 Å². The molecule has 1 N–H and O–H groups in total. The van der Waals surface area contributed by atoms with Crippen molar-refractivity contribution in [3.63, 3.8) is 0 Å². The lowest BCUT2D eigenvalue weighted by molar-refractivity contribution is -0.140. The normalized spacial score (nSPS) is 11.9. The number of amides is 2. The first-order valence-electron chi connectivity index (χ1n) is 14.0. The van der Waals surface area contributed by atoms with Crippen LogP contribution in [0.4, 0.5) is 5.69 Å². The summed E-state index contributed by atoms with van der Waals surface area (Å²) >= 11 is 0. The van der Waals surface area contributed by atoms with E-state index in [0.29, 0.717) is 24.4 Å². The number of sulfonamides is 1. The van der Waals surface area contributed by atoms with Crippen molar-refractivity contribution in [3.8, 4) is 11.5 Å². The van der Waals surface area contributed by atoms with Gasteiger partial charge in [-0.25, -0.2) is 8.42 Å². The second-order valence-corrected chi connectivity index (χ2v) is 12.0. The average Bonchev–Trinajstić information content (AvgIpc) is 2.98. The summed E-state index contributed by atoms with van der Waals surface area (Å²) in [5.74, 6) is -0.152. The molecule has 9 nitrogen and oxygen atoms in total. The number of hydrogen-bond donors (Lipinski definition) is 1. The Kier molecular flexibility index (Phi) is 11.4. The van der Waals surface area contributed by atoms with Gasteiger partial charge in [-0.15, -0.1) is 0 Å². The molecule has 0 aliphatic heterocycles. The lowest BCUT2D eigenvalue weighted by Gasteiger charge is -2.33. The Morgan fingerprint density at radius 1 is 0.881 bits per heavy atom. The van der Waals surface area contributed by atoms with E-state index in [1.54, 1.807) is 24.3 Å². The van der Waals surface area contributed by atoms with Crippen LogP contribution in [0, 0.1) is 13.8 Å². The van der Waals surface area contributed by atoms with Gasteiger partial charge in [-0.2, -0.15) is 0 Å². The minimum atomic E-state index is -4.25. The fourth-order valence-corrected chi connectivity index (χ4v) is 6.07. The molecule has 3 aromatic carbocycles. The van der Waals surface area contributed by atoms with Gasteiger partial charge in [-0.05, 0) is 56.5 Å². The third-order valence-corrected chi connectivity index (χ3v) is 8.68. The molecule has 0 bridgehead atoms. The largest absolute Gasteiger partial charge is 0.493 e. The van der Waals surface area contributed by atoms with Crippen molar-refractivity contribution in [3.05, 3.63) is 83.4 Å². The van der Waals surface area contributed by atoms with Gasteiger partial charge in [0.2, 0.25) is 11.8 Å². The monoisotopic (exact) mass is 595 g/mol. The molecule has 1 atom stereocenters. The van der Waals surface area contributed by atoms with Gasteiger partial charge in [0.15, 0.2) is 11.5 Å². The van der Waals surface area contributed by atoms with E-state index >= 15 is 0 Å². The summed E-state index contributed by atoms with van der Waals surface area (Å²) in [6, 6.07) is 18.1. The van der Waals surface area contributed by atoms with Gasteiger partial charge < -0.3 is 19.7 Å². The number of rotatable bonds is 14. The van der Waals surface area contributed by atoms with Crippen LogP contribution < -0.4 is 19.1 Å². The Hall–Kier alpha value is -4.05. The Balaban J connectivity index is 2.09. The predicted molar refractivity (Wildman–Crippen MR) is 164 cm³/mol. The van der Waals surface area contributed by atoms with Crippen molar-refractivity contribution < 1.29 is 27.5 Å². The number of hydrogen-bond acceptors (Lipinski definition) is 6. The number of aryl methyl sites for hydroxylation is 2. The molecule has 0 fully saturated rings. The number of anilines is 1. The molecule has 0 spiro atoms. The summed E-state index contributed by atoms with van der Waals surface area (Å²) in [5, 5.41) is 2.90. The van der Waals surface area contributed by atoms with Crippen molar-refractivity contribution >= 4 is 27.5 Å². The summed E-state index contributed by atoms with van der Waals surface area (Å²) in [5.41, 5.74) is 3.12. The molecule has 226 valence electrons. The Bertz CT molecular complexity index is 1470.